The number of benzene rings is 1. The summed E-state index contributed by atoms with van der Waals surface area (Å²) in [6.07, 6.45) is 4.11. The fourth-order valence-electron chi connectivity index (χ4n) is 4.87. The topological polar surface area (TPSA) is 68.3 Å². The number of hydrogen-bond donors (Lipinski definition) is 0. The molecule has 7 heteroatoms. The predicted molar refractivity (Wildman–Crippen MR) is 112 cm³/mol. The van der Waals surface area contributed by atoms with Gasteiger partial charge in [0.2, 0.25) is 5.91 Å². The van der Waals surface area contributed by atoms with Gasteiger partial charge in [0.05, 0.1) is 25.9 Å². The zero-order valence-corrected chi connectivity index (χ0v) is 17.8. The van der Waals surface area contributed by atoms with Crippen molar-refractivity contribution >= 4 is 11.8 Å². The van der Waals surface area contributed by atoms with E-state index in [0.29, 0.717) is 63.9 Å². The second kappa shape index (κ2) is 9.35. The molecule has 3 fully saturated rings. The highest BCUT2D eigenvalue weighted by Crippen LogP contribution is 2.39. The van der Waals surface area contributed by atoms with Crippen molar-refractivity contribution in [1.82, 2.24) is 9.80 Å². The average Bonchev–Trinajstić information content (AvgIpc) is 2.80. The zero-order valence-electron chi connectivity index (χ0n) is 17.8. The third-order valence-electron chi connectivity index (χ3n) is 6.72. The molecule has 0 aliphatic carbocycles. The molecule has 0 aromatic heterocycles. The Morgan fingerprint density at radius 2 is 1.73 bits per heavy atom. The molecule has 1 spiro atoms. The van der Waals surface area contributed by atoms with Crippen molar-refractivity contribution in [2.75, 3.05) is 53.1 Å². The van der Waals surface area contributed by atoms with Crippen molar-refractivity contribution in [3.05, 3.63) is 29.8 Å². The van der Waals surface area contributed by atoms with Crippen molar-refractivity contribution in [1.29, 1.82) is 0 Å². The molecule has 1 aromatic carbocycles. The predicted octanol–water partition coefficient (Wildman–Crippen LogP) is 2.35. The molecule has 0 saturated carbocycles. The summed E-state index contributed by atoms with van der Waals surface area (Å²) >= 11 is 0. The summed E-state index contributed by atoms with van der Waals surface area (Å²) in [4.78, 5) is 29.3. The number of hydrogen-bond acceptors (Lipinski definition) is 5. The number of morpholine rings is 1. The van der Waals surface area contributed by atoms with Gasteiger partial charge < -0.3 is 24.0 Å². The Kier molecular flexibility index (Phi) is 6.58. The first kappa shape index (κ1) is 21.1. The zero-order chi connectivity index (χ0) is 21.0. The van der Waals surface area contributed by atoms with Gasteiger partial charge >= 0.3 is 0 Å². The Morgan fingerprint density at radius 3 is 2.40 bits per heavy atom. The van der Waals surface area contributed by atoms with E-state index in [2.05, 4.69) is 0 Å². The summed E-state index contributed by atoms with van der Waals surface area (Å²) in [7, 11) is 1.62. The van der Waals surface area contributed by atoms with Crippen LogP contribution >= 0.6 is 0 Å². The minimum Gasteiger partial charge on any atom is -0.497 e. The number of likely N-dealkylation sites (tertiary alicyclic amines) is 1. The first-order chi connectivity index (χ1) is 14.6. The lowest BCUT2D eigenvalue weighted by Gasteiger charge is -2.46. The van der Waals surface area contributed by atoms with Gasteiger partial charge in [-0.1, -0.05) is 0 Å². The van der Waals surface area contributed by atoms with E-state index in [0.717, 1.165) is 31.4 Å². The number of carbonyl (C=O) groups is 2. The lowest BCUT2D eigenvalue weighted by Crippen LogP contribution is -2.51. The maximum absolute atomic E-state index is 12.8. The third-order valence-corrected chi connectivity index (χ3v) is 6.72. The number of rotatable bonds is 4. The summed E-state index contributed by atoms with van der Waals surface area (Å²) in [5.41, 5.74) is 0.496. The molecular weight excluding hydrogens is 384 g/mol. The lowest BCUT2D eigenvalue weighted by molar-refractivity contribution is -0.143. The Hall–Kier alpha value is -2.12. The van der Waals surface area contributed by atoms with Gasteiger partial charge in [-0.2, -0.15) is 0 Å². The summed E-state index contributed by atoms with van der Waals surface area (Å²) in [5.74, 6) is 1.41. The highest BCUT2D eigenvalue weighted by Gasteiger charge is 2.42. The van der Waals surface area contributed by atoms with Crippen LogP contribution in [0.5, 0.6) is 5.75 Å². The van der Waals surface area contributed by atoms with Crippen LogP contribution in [0.1, 0.15) is 42.5 Å². The molecule has 3 heterocycles. The second-order valence-electron chi connectivity index (χ2n) is 8.61. The Bertz CT molecular complexity index is 736. The Morgan fingerprint density at radius 1 is 1.03 bits per heavy atom. The van der Waals surface area contributed by atoms with Crippen LogP contribution in [-0.2, 0) is 14.3 Å². The standard InChI is InChI=1S/C23H32N2O5/c1-28-20-4-2-19(3-5-20)22(27)25-9-7-23(8-10-25)17-18(6-13-30-23)16-21(26)24-11-14-29-15-12-24/h2-5,18H,6-17H2,1H3. The molecule has 1 aromatic rings. The third kappa shape index (κ3) is 4.78. The van der Waals surface area contributed by atoms with Gasteiger partial charge in [0.1, 0.15) is 5.75 Å². The smallest absolute Gasteiger partial charge is 0.253 e. The minimum absolute atomic E-state index is 0.0577. The van der Waals surface area contributed by atoms with E-state index >= 15 is 0 Å². The molecule has 3 saturated heterocycles. The molecule has 3 aliphatic heterocycles. The van der Waals surface area contributed by atoms with Crippen molar-refractivity contribution in [2.45, 2.75) is 37.7 Å². The summed E-state index contributed by atoms with van der Waals surface area (Å²) in [6, 6.07) is 7.27. The van der Waals surface area contributed by atoms with Crippen LogP contribution in [0.15, 0.2) is 24.3 Å². The van der Waals surface area contributed by atoms with Gasteiger partial charge in [0.15, 0.2) is 0 Å². The van der Waals surface area contributed by atoms with Gasteiger partial charge in [-0.25, -0.2) is 0 Å². The van der Waals surface area contributed by atoms with E-state index in [4.69, 9.17) is 14.2 Å². The molecule has 164 valence electrons. The maximum atomic E-state index is 12.8. The molecule has 0 N–H and O–H groups in total. The fourth-order valence-corrected chi connectivity index (χ4v) is 4.87. The second-order valence-corrected chi connectivity index (χ2v) is 8.61. The first-order valence-electron chi connectivity index (χ1n) is 11.0. The SMILES string of the molecule is COc1ccc(C(=O)N2CCC3(CC2)CC(CC(=O)N2CCOCC2)CCO3)cc1. The van der Waals surface area contributed by atoms with Crippen LogP contribution in [0, 0.1) is 5.92 Å². The molecule has 4 rings (SSSR count). The van der Waals surface area contributed by atoms with E-state index < -0.39 is 0 Å². The van der Waals surface area contributed by atoms with Crippen LogP contribution in [0.4, 0.5) is 0 Å². The molecule has 0 bridgehead atoms. The van der Waals surface area contributed by atoms with E-state index in [1.165, 1.54) is 0 Å². The highest BCUT2D eigenvalue weighted by atomic mass is 16.5. The molecule has 1 unspecified atom stereocenters. The summed E-state index contributed by atoms with van der Waals surface area (Å²) in [5, 5.41) is 0. The van der Waals surface area contributed by atoms with Crippen molar-refractivity contribution in [3.63, 3.8) is 0 Å². The summed E-state index contributed by atoms with van der Waals surface area (Å²) < 4.78 is 16.7. The van der Waals surface area contributed by atoms with Crippen LogP contribution < -0.4 is 4.74 Å². The number of ether oxygens (including phenoxy) is 3. The Balaban J connectivity index is 1.30. The van der Waals surface area contributed by atoms with Crippen LogP contribution in [0.25, 0.3) is 0 Å². The highest BCUT2D eigenvalue weighted by molar-refractivity contribution is 5.94. The Labute approximate surface area is 178 Å². The molecular formula is C23H32N2O5. The number of amides is 2. The number of nitrogens with zero attached hydrogens (tertiary/aromatic N) is 2. The monoisotopic (exact) mass is 416 g/mol. The van der Waals surface area contributed by atoms with E-state index in [1.54, 1.807) is 7.11 Å². The van der Waals surface area contributed by atoms with E-state index in [1.807, 2.05) is 34.1 Å². The molecule has 0 radical (unpaired) electrons. The minimum atomic E-state index is -0.190. The van der Waals surface area contributed by atoms with Crippen molar-refractivity contribution < 1.29 is 23.8 Å². The van der Waals surface area contributed by atoms with E-state index in [-0.39, 0.29) is 17.4 Å². The fraction of sp³-hybridized carbons (Fsp3) is 0.652. The lowest BCUT2D eigenvalue weighted by atomic mass is 9.78. The molecule has 30 heavy (non-hydrogen) atoms. The normalized spacial score (nSPS) is 24.0. The van der Waals surface area contributed by atoms with Crippen molar-refractivity contribution in [2.24, 2.45) is 5.92 Å². The molecule has 2 amide bonds. The quantitative estimate of drug-likeness (QED) is 0.754. The molecule has 7 nitrogen and oxygen atoms in total. The van der Waals surface area contributed by atoms with Gasteiger partial charge in [0, 0.05) is 44.8 Å². The number of methoxy groups -OCH3 is 1. The molecule has 3 aliphatic rings. The average molecular weight is 417 g/mol. The van der Waals surface area contributed by atoms with E-state index in [9.17, 15) is 9.59 Å². The number of carbonyl (C=O) groups excluding carboxylic acids is 2. The van der Waals surface area contributed by atoms with Crippen LogP contribution in [0.2, 0.25) is 0 Å². The van der Waals surface area contributed by atoms with Gasteiger partial charge in [-0.3, -0.25) is 9.59 Å². The van der Waals surface area contributed by atoms with Gasteiger partial charge in [-0.05, 0) is 55.9 Å². The van der Waals surface area contributed by atoms with Gasteiger partial charge in [0.25, 0.3) is 5.91 Å². The van der Waals surface area contributed by atoms with Crippen LogP contribution in [0.3, 0.4) is 0 Å². The largest absolute Gasteiger partial charge is 0.497 e. The van der Waals surface area contributed by atoms with Gasteiger partial charge in [-0.15, -0.1) is 0 Å². The number of piperidine rings is 1. The van der Waals surface area contributed by atoms with Crippen LogP contribution in [-0.4, -0.2) is 80.3 Å². The summed E-state index contributed by atoms with van der Waals surface area (Å²) in [6.45, 7) is 4.77. The van der Waals surface area contributed by atoms with Crippen molar-refractivity contribution in [3.8, 4) is 5.75 Å². The molecule has 1 atom stereocenters. The maximum Gasteiger partial charge on any atom is 0.253 e. The first-order valence-corrected chi connectivity index (χ1v) is 11.0.